The van der Waals surface area contributed by atoms with Crippen molar-refractivity contribution in [1.82, 2.24) is 0 Å². The number of benzene rings is 2. The molecule has 0 bridgehead atoms. The topological polar surface area (TPSA) is 55.1 Å². The van der Waals surface area contributed by atoms with Crippen LogP contribution in [0.4, 0.5) is 15.8 Å². The van der Waals surface area contributed by atoms with Crippen LogP contribution >= 0.6 is 15.9 Å². The van der Waals surface area contributed by atoms with Crippen LogP contribution in [-0.2, 0) is 0 Å². The highest BCUT2D eigenvalue weighted by Gasteiger charge is 2.11. The van der Waals surface area contributed by atoms with Crippen LogP contribution in [0.5, 0.6) is 0 Å². The second-order valence-corrected chi connectivity index (χ2v) is 5.40. The number of rotatable bonds is 2. The van der Waals surface area contributed by atoms with Gasteiger partial charge in [0, 0.05) is 15.8 Å². The maximum atomic E-state index is 13.0. The van der Waals surface area contributed by atoms with Crippen LogP contribution in [0.25, 0.3) is 0 Å². The Kier molecular flexibility index (Phi) is 4.09. The van der Waals surface area contributed by atoms with Crippen LogP contribution in [0.3, 0.4) is 0 Å². The highest BCUT2D eigenvalue weighted by Crippen LogP contribution is 2.25. The van der Waals surface area contributed by atoms with Gasteiger partial charge in [-0.2, -0.15) is 0 Å². The molecule has 0 saturated heterocycles. The highest BCUT2D eigenvalue weighted by molar-refractivity contribution is 9.10. The van der Waals surface area contributed by atoms with Gasteiger partial charge >= 0.3 is 0 Å². The molecule has 0 fully saturated rings. The molecule has 0 aliphatic carbocycles. The Hall–Kier alpha value is -1.88. The van der Waals surface area contributed by atoms with Crippen molar-refractivity contribution in [2.75, 3.05) is 11.1 Å². The number of hydrogen-bond acceptors (Lipinski definition) is 2. The number of nitrogens with one attached hydrogen (secondary N) is 1. The molecule has 1 amide bonds. The van der Waals surface area contributed by atoms with Gasteiger partial charge in [-0.1, -0.05) is 15.9 Å². The average Bonchev–Trinajstić information content (AvgIpc) is 2.35. The van der Waals surface area contributed by atoms with Crippen molar-refractivity contribution in [2.24, 2.45) is 0 Å². The van der Waals surface area contributed by atoms with E-state index < -0.39 is 5.82 Å². The van der Waals surface area contributed by atoms with Gasteiger partial charge < -0.3 is 11.1 Å². The molecule has 0 saturated carbocycles. The Bertz CT molecular complexity index is 663. The van der Waals surface area contributed by atoms with Crippen molar-refractivity contribution in [3.63, 3.8) is 0 Å². The second-order valence-electron chi connectivity index (χ2n) is 4.61. The summed E-state index contributed by atoms with van der Waals surface area (Å²) in [6.45, 7) is 3.89. The molecule has 2 rings (SSSR count). The van der Waals surface area contributed by atoms with Crippen LogP contribution < -0.4 is 11.1 Å². The number of carbonyl (C=O) groups excluding carboxylic acids is 1. The average molecular weight is 337 g/mol. The zero-order chi connectivity index (χ0) is 14.9. The molecule has 5 heteroatoms. The van der Waals surface area contributed by atoms with E-state index in [4.69, 9.17) is 5.73 Å². The van der Waals surface area contributed by atoms with Crippen LogP contribution in [0.1, 0.15) is 21.5 Å². The molecule has 0 unspecified atom stereocenters. The largest absolute Gasteiger partial charge is 0.398 e. The van der Waals surface area contributed by atoms with Gasteiger partial charge in [0.25, 0.3) is 5.91 Å². The van der Waals surface area contributed by atoms with Crippen molar-refractivity contribution in [1.29, 1.82) is 0 Å². The number of halogens is 2. The standard InChI is InChI=1S/C15H14BrFN2O/c1-8-5-11(6-9(2)14(8)16)19-15(20)12-4-3-10(17)7-13(12)18/h3-7H,18H2,1-2H3,(H,19,20). The lowest BCUT2D eigenvalue weighted by atomic mass is 10.1. The lowest BCUT2D eigenvalue weighted by molar-refractivity contribution is 0.102. The summed E-state index contributed by atoms with van der Waals surface area (Å²) < 4.78 is 14.0. The van der Waals surface area contributed by atoms with E-state index in [-0.39, 0.29) is 17.2 Å². The van der Waals surface area contributed by atoms with Crippen LogP contribution in [-0.4, -0.2) is 5.91 Å². The Morgan fingerprint density at radius 1 is 1.20 bits per heavy atom. The Morgan fingerprint density at radius 2 is 1.80 bits per heavy atom. The molecule has 0 atom stereocenters. The maximum Gasteiger partial charge on any atom is 0.257 e. The highest BCUT2D eigenvalue weighted by atomic mass is 79.9. The Balaban J connectivity index is 2.28. The summed E-state index contributed by atoms with van der Waals surface area (Å²) in [6, 6.07) is 7.43. The molecule has 104 valence electrons. The van der Waals surface area contributed by atoms with E-state index in [9.17, 15) is 9.18 Å². The third kappa shape index (κ3) is 2.99. The van der Waals surface area contributed by atoms with Crippen molar-refractivity contribution in [3.8, 4) is 0 Å². The lowest BCUT2D eigenvalue weighted by Gasteiger charge is -2.11. The zero-order valence-electron chi connectivity index (χ0n) is 11.1. The van der Waals surface area contributed by atoms with E-state index in [0.29, 0.717) is 5.69 Å². The molecule has 0 aromatic heterocycles. The number of anilines is 2. The van der Waals surface area contributed by atoms with Crippen LogP contribution in [0.15, 0.2) is 34.8 Å². The minimum Gasteiger partial charge on any atom is -0.398 e. The van der Waals surface area contributed by atoms with Crippen molar-refractivity contribution in [3.05, 3.63) is 57.3 Å². The predicted molar refractivity (Wildman–Crippen MR) is 82.4 cm³/mol. The quantitative estimate of drug-likeness (QED) is 0.813. The summed E-state index contributed by atoms with van der Waals surface area (Å²) in [5, 5.41) is 2.77. The van der Waals surface area contributed by atoms with E-state index in [0.717, 1.165) is 21.7 Å². The first-order valence-electron chi connectivity index (χ1n) is 6.01. The van der Waals surface area contributed by atoms with E-state index in [1.807, 2.05) is 26.0 Å². The Morgan fingerprint density at radius 3 is 2.35 bits per heavy atom. The smallest absolute Gasteiger partial charge is 0.257 e. The first kappa shape index (κ1) is 14.5. The minimum absolute atomic E-state index is 0.119. The predicted octanol–water partition coefficient (Wildman–Crippen LogP) is 4.04. The molecule has 2 aromatic rings. The van der Waals surface area contributed by atoms with Crippen molar-refractivity contribution in [2.45, 2.75) is 13.8 Å². The third-order valence-corrected chi connectivity index (χ3v) is 4.20. The summed E-state index contributed by atoms with van der Waals surface area (Å²) in [6.07, 6.45) is 0. The molecule has 20 heavy (non-hydrogen) atoms. The molecule has 0 heterocycles. The zero-order valence-corrected chi connectivity index (χ0v) is 12.7. The fourth-order valence-electron chi connectivity index (χ4n) is 1.96. The van der Waals surface area contributed by atoms with Crippen LogP contribution in [0.2, 0.25) is 0 Å². The molecule has 0 aliphatic heterocycles. The molecule has 3 N–H and O–H groups in total. The van der Waals surface area contributed by atoms with Gasteiger partial charge in [-0.25, -0.2) is 4.39 Å². The number of aryl methyl sites for hydroxylation is 2. The van der Waals surface area contributed by atoms with Crippen molar-refractivity contribution < 1.29 is 9.18 Å². The van der Waals surface area contributed by atoms with Gasteiger partial charge in [0.15, 0.2) is 0 Å². The van der Waals surface area contributed by atoms with Crippen LogP contribution in [0, 0.1) is 19.7 Å². The fourth-order valence-corrected chi connectivity index (χ4v) is 2.19. The summed E-state index contributed by atoms with van der Waals surface area (Å²) in [4.78, 5) is 12.1. The van der Waals surface area contributed by atoms with Gasteiger partial charge in [0.05, 0.1) is 5.56 Å². The monoisotopic (exact) mass is 336 g/mol. The van der Waals surface area contributed by atoms with Crippen molar-refractivity contribution >= 4 is 33.2 Å². The number of carbonyl (C=O) groups is 1. The molecular weight excluding hydrogens is 323 g/mol. The summed E-state index contributed by atoms with van der Waals surface area (Å²) >= 11 is 3.47. The van der Waals surface area contributed by atoms with E-state index in [2.05, 4.69) is 21.2 Å². The third-order valence-electron chi connectivity index (χ3n) is 2.95. The van der Waals surface area contributed by atoms with Gasteiger partial charge in [-0.05, 0) is 55.3 Å². The molecule has 3 nitrogen and oxygen atoms in total. The number of amides is 1. The SMILES string of the molecule is Cc1cc(NC(=O)c2ccc(F)cc2N)cc(C)c1Br. The van der Waals surface area contributed by atoms with E-state index in [1.165, 1.54) is 12.1 Å². The molecule has 0 spiro atoms. The first-order valence-corrected chi connectivity index (χ1v) is 6.81. The first-order chi connectivity index (χ1) is 9.38. The maximum absolute atomic E-state index is 13.0. The molecule has 0 aliphatic rings. The molecule has 2 aromatic carbocycles. The summed E-state index contributed by atoms with van der Waals surface area (Å²) in [7, 11) is 0. The lowest BCUT2D eigenvalue weighted by Crippen LogP contribution is -2.14. The van der Waals surface area contributed by atoms with Gasteiger partial charge in [-0.15, -0.1) is 0 Å². The molecular formula is C15H14BrFN2O. The van der Waals surface area contributed by atoms with E-state index >= 15 is 0 Å². The summed E-state index contributed by atoms with van der Waals surface area (Å²) in [5.41, 5.74) is 8.74. The fraction of sp³-hybridized carbons (Fsp3) is 0.133. The number of nitrogens with two attached hydrogens (primary N) is 1. The second kappa shape index (κ2) is 5.63. The Labute approximate surface area is 125 Å². The molecule has 0 radical (unpaired) electrons. The van der Waals surface area contributed by atoms with Gasteiger partial charge in [0.1, 0.15) is 5.82 Å². The minimum atomic E-state index is -0.464. The van der Waals surface area contributed by atoms with E-state index in [1.54, 1.807) is 0 Å². The van der Waals surface area contributed by atoms with Gasteiger partial charge in [-0.3, -0.25) is 4.79 Å². The number of hydrogen-bond donors (Lipinski definition) is 2. The summed E-state index contributed by atoms with van der Waals surface area (Å²) in [5.74, 6) is -0.821. The normalized spacial score (nSPS) is 10.4. The van der Waals surface area contributed by atoms with Gasteiger partial charge in [0.2, 0.25) is 0 Å². The number of nitrogen functional groups attached to an aromatic ring is 1.